The standard InChI is InChI=1S/C18H23N3O/c1-13-17(19)18(12-22-13)8-10-21(11-9-18)16-7-6-14-4-2-3-5-15(14)20-16/h2-7,13,17H,8-12,19H2,1H3/t13-,17+/m0/s1. The molecule has 4 rings (SSSR count). The number of fused-ring (bicyclic) bond motifs is 1. The molecular formula is C18H23N3O. The van der Waals surface area contributed by atoms with Gasteiger partial charge in [-0.05, 0) is 38.0 Å². The maximum Gasteiger partial charge on any atom is 0.129 e. The molecule has 0 amide bonds. The van der Waals surface area contributed by atoms with E-state index < -0.39 is 0 Å². The fourth-order valence-electron chi connectivity index (χ4n) is 3.89. The zero-order chi connectivity index (χ0) is 15.2. The van der Waals surface area contributed by atoms with E-state index >= 15 is 0 Å². The Labute approximate surface area is 131 Å². The quantitative estimate of drug-likeness (QED) is 0.879. The van der Waals surface area contributed by atoms with Crippen molar-refractivity contribution in [2.45, 2.75) is 31.9 Å². The van der Waals surface area contributed by atoms with Gasteiger partial charge in [0.25, 0.3) is 0 Å². The first-order valence-corrected chi connectivity index (χ1v) is 8.16. The van der Waals surface area contributed by atoms with E-state index in [0.29, 0.717) is 0 Å². The summed E-state index contributed by atoms with van der Waals surface area (Å²) in [5.74, 6) is 1.08. The van der Waals surface area contributed by atoms with Crippen LogP contribution in [0.5, 0.6) is 0 Å². The fourth-order valence-corrected chi connectivity index (χ4v) is 3.89. The second-order valence-electron chi connectivity index (χ2n) is 6.75. The number of pyridine rings is 1. The van der Waals surface area contributed by atoms with Gasteiger partial charge in [-0.1, -0.05) is 18.2 Å². The first-order chi connectivity index (χ1) is 10.7. The van der Waals surface area contributed by atoms with Crippen molar-refractivity contribution < 1.29 is 4.74 Å². The van der Waals surface area contributed by atoms with Gasteiger partial charge < -0.3 is 15.4 Å². The van der Waals surface area contributed by atoms with E-state index in [-0.39, 0.29) is 17.6 Å². The molecule has 0 saturated carbocycles. The largest absolute Gasteiger partial charge is 0.376 e. The summed E-state index contributed by atoms with van der Waals surface area (Å²) in [5, 5.41) is 1.19. The number of rotatable bonds is 1. The molecule has 2 fully saturated rings. The van der Waals surface area contributed by atoms with E-state index in [0.717, 1.165) is 43.9 Å². The van der Waals surface area contributed by atoms with Crippen molar-refractivity contribution in [1.29, 1.82) is 0 Å². The van der Waals surface area contributed by atoms with Crippen LogP contribution in [0.3, 0.4) is 0 Å². The minimum absolute atomic E-state index is 0.166. The highest BCUT2D eigenvalue weighted by molar-refractivity contribution is 5.80. The molecule has 4 nitrogen and oxygen atoms in total. The van der Waals surface area contributed by atoms with Crippen LogP contribution in [0.1, 0.15) is 19.8 Å². The third kappa shape index (κ3) is 2.18. The number of nitrogens with zero attached hydrogens (tertiary/aromatic N) is 2. The summed E-state index contributed by atoms with van der Waals surface area (Å²) in [5.41, 5.74) is 7.63. The number of hydrogen-bond acceptors (Lipinski definition) is 4. The van der Waals surface area contributed by atoms with Gasteiger partial charge in [-0.3, -0.25) is 0 Å². The molecule has 1 spiro atoms. The molecule has 0 bridgehead atoms. The number of ether oxygens (including phenoxy) is 1. The van der Waals surface area contributed by atoms with Crippen molar-refractivity contribution in [3.63, 3.8) is 0 Å². The first kappa shape index (κ1) is 14.0. The smallest absolute Gasteiger partial charge is 0.129 e. The average Bonchev–Trinajstić information content (AvgIpc) is 2.84. The SMILES string of the molecule is C[C@@H]1OCC2(CCN(c3ccc4ccccc4n3)CC2)[C@@H]1N. The minimum atomic E-state index is 0.166. The Morgan fingerprint density at radius 3 is 2.68 bits per heavy atom. The summed E-state index contributed by atoms with van der Waals surface area (Å²) < 4.78 is 5.80. The van der Waals surface area contributed by atoms with E-state index in [1.807, 2.05) is 6.07 Å². The molecule has 4 heteroatoms. The average molecular weight is 297 g/mol. The zero-order valence-corrected chi connectivity index (χ0v) is 13.0. The lowest BCUT2D eigenvalue weighted by atomic mass is 9.73. The molecule has 2 aliphatic heterocycles. The highest BCUT2D eigenvalue weighted by Gasteiger charge is 2.47. The Kier molecular flexibility index (Phi) is 3.31. The second kappa shape index (κ2) is 5.21. The van der Waals surface area contributed by atoms with Crippen molar-refractivity contribution in [2.75, 3.05) is 24.6 Å². The molecular weight excluding hydrogens is 274 g/mol. The normalized spacial score (nSPS) is 27.6. The molecule has 2 N–H and O–H groups in total. The van der Waals surface area contributed by atoms with Crippen LogP contribution in [0, 0.1) is 5.41 Å². The lowest BCUT2D eigenvalue weighted by Crippen LogP contribution is -2.50. The van der Waals surface area contributed by atoms with E-state index in [9.17, 15) is 0 Å². The summed E-state index contributed by atoms with van der Waals surface area (Å²) >= 11 is 0. The number of benzene rings is 1. The molecule has 2 saturated heterocycles. The van der Waals surface area contributed by atoms with Crippen LogP contribution < -0.4 is 10.6 Å². The van der Waals surface area contributed by atoms with Crippen LogP contribution in [-0.4, -0.2) is 36.8 Å². The van der Waals surface area contributed by atoms with Crippen molar-refractivity contribution in [2.24, 2.45) is 11.1 Å². The van der Waals surface area contributed by atoms with Gasteiger partial charge in [0.1, 0.15) is 5.82 Å². The summed E-state index contributed by atoms with van der Waals surface area (Å²) in [4.78, 5) is 7.19. The van der Waals surface area contributed by atoms with Gasteiger partial charge >= 0.3 is 0 Å². The van der Waals surface area contributed by atoms with Crippen molar-refractivity contribution in [1.82, 2.24) is 4.98 Å². The highest BCUT2D eigenvalue weighted by Crippen LogP contribution is 2.41. The van der Waals surface area contributed by atoms with Crippen LogP contribution in [0.15, 0.2) is 36.4 Å². The zero-order valence-electron chi connectivity index (χ0n) is 13.0. The van der Waals surface area contributed by atoms with E-state index in [1.165, 1.54) is 5.39 Å². The molecule has 1 aromatic carbocycles. The fraction of sp³-hybridized carbons (Fsp3) is 0.500. The van der Waals surface area contributed by atoms with Crippen LogP contribution in [0.2, 0.25) is 0 Å². The predicted molar refractivity (Wildman–Crippen MR) is 89.0 cm³/mol. The van der Waals surface area contributed by atoms with Gasteiger partial charge in [0.15, 0.2) is 0 Å². The Morgan fingerprint density at radius 2 is 1.95 bits per heavy atom. The van der Waals surface area contributed by atoms with Crippen LogP contribution in [-0.2, 0) is 4.74 Å². The lowest BCUT2D eigenvalue weighted by Gasteiger charge is -2.41. The number of anilines is 1. The van der Waals surface area contributed by atoms with E-state index in [2.05, 4.69) is 42.2 Å². The van der Waals surface area contributed by atoms with Crippen LogP contribution >= 0.6 is 0 Å². The third-order valence-electron chi connectivity index (χ3n) is 5.51. The Hall–Kier alpha value is -1.65. The maximum atomic E-state index is 6.39. The highest BCUT2D eigenvalue weighted by atomic mass is 16.5. The van der Waals surface area contributed by atoms with Gasteiger partial charge in [0, 0.05) is 29.9 Å². The van der Waals surface area contributed by atoms with Crippen molar-refractivity contribution in [3.8, 4) is 0 Å². The van der Waals surface area contributed by atoms with Crippen LogP contribution in [0.4, 0.5) is 5.82 Å². The number of hydrogen-bond donors (Lipinski definition) is 1. The van der Waals surface area contributed by atoms with Crippen molar-refractivity contribution in [3.05, 3.63) is 36.4 Å². The molecule has 2 aliphatic rings. The Balaban J connectivity index is 1.53. The summed E-state index contributed by atoms with van der Waals surface area (Å²) in [6.07, 6.45) is 2.37. The molecule has 116 valence electrons. The molecule has 2 aromatic rings. The minimum Gasteiger partial charge on any atom is -0.376 e. The number of nitrogens with two attached hydrogens (primary N) is 1. The molecule has 22 heavy (non-hydrogen) atoms. The topological polar surface area (TPSA) is 51.4 Å². The second-order valence-corrected chi connectivity index (χ2v) is 6.75. The van der Waals surface area contributed by atoms with Crippen LogP contribution in [0.25, 0.3) is 10.9 Å². The summed E-state index contributed by atoms with van der Waals surface area (Å²) in [6.45, 7) is 4.93. The molecule has 3 heterocycles. The van der Waals surface area contributed by atoms with Gasteiger partial charge in [0.05, 0.1) is 18.2 Å². The molecule has 0 unspecified atom stereocenters. The van der Waals surface area contributed by atoms with Gasteiger partial charge in [-0.2, -0.15) is 0 Å². The Bertz CT molecular complexity index is 679. The summed E-state index contributed by atoms with van der Waals surface area (Å²) in [6, 6.07) is 12.7. The predicted octanol–water partition coefficient (Wildman–Crippen LogP) is 2.57. The van der Waals surface area contributed by atoms with Gasteiger partial charge in [0.2, 0.25) is 0 Å². The Morgan fingerprint density at radius 1 is 1.18 bits per heavy atom. The number of aromatic nitrogens is 1. The molecule has 2 atom stereocenters. The number of para-hydroxylation sites is 1. The maximum absolute atomic E-state index is 6.39. The van der Waals surface area contributed by atoms with Gasteiger partial charge in [-0.15, -0.1) is 0 Å². The molecule has 0 aliphatic carbocycles. The third-order valence-corrected chi connectivity index (χ3v) is 5.51. The van der Waals surface area contributed by atoms with E-state index in [4.69, 9.17) is 15.5 Å². The lowest BCUT2D eigenvalue weighted by molar-refractivity contribution is 0.0974. The van der Waals surface area contributed by atoms with Crippen molar-refractivity contribution >= 4 is 16.7 Å². The van der Waals surface area contributed by atoms with Gasteiger partial charge in [-0.25, -0.2) is 4.98 Å². The molecule has 0 radical (unpaired) electrons. The summed E-state index contributed by atoms with van der Waals surface area (Å²) in [7, 11) is 0. The van der Waals surface area contributed by atoms with E-state index in [1.54, 1.807) is 0 Å². The molecule has 1 aromatic heterocycles. The monoisotopic (exact) mass is 297 g/mol. The first-order valence-electron chi connectivity index (χ1n) is 8.16. The number of piperidine rings is 1.